The van der Waals surface area contributed by atoms with Crippen molar-refractivity contribution in [2.75, 3.05) is 42.9 Å². The number of rotatable bonds is 5. The molecule has 1 saturated heterocycles. The van der Waals surface area contributed by atoms with Crippen LogP contribution in [-0.2, 0) is 4.79 Å². The Morgan fingerprint density at radius 3 is 2.32 bits per heavy atom. The van der Waals surface area contributed by atoms with E-state index in [0.717, 1.165) is 18.8 Å². The molecule has 0 atom stereocenters. The van der Waals surface area contributed by atoms with Crippen molar-refractivity contribution in [3.63, 3.8) is 0 Å². The zero-order chi connectivity index (χ0) is 19.9. The van der Waals surface area contributed by atoms with Crippen LogP contribution in [0.1, 0.15) is 17.3 Å². The van der Waals surface area contributed by atoms with E-state index in [4.69, 9.17) is 0 Å². The molecule has 0 spiro atoms. The van der Waals surface area contributed by atoms with Crippen LogP contribution >= 0.6 is 0 Å². The second-order valence-electron chi connectivity index (χ2n) is 6.65. The van der Waals surface area contributed by atoms with Crippen molar-refractivity contribution in [2.45, 2.75) is 6.92 Å². The van der Waals surface area contributed by atoms with Crippen molar-refractivity contribution in [3.05, 3.63) is 60.2 Å². The molecule has 0 aromatic heterocycles. The van der Waals surface area contributed by atoms with E-state index in [-0.39, 0.29) is 24.3 Å². The Labute approximate surface area is 164 Å². The highest BCUT2D eigenvalue weighted by Gasteiger charge is 2.21. The molecule has 0 radical (unpaired) electrons. The number of anilines is 2. The van der Waals surface area contributed by atoms with Gasteiger partial charge in [0.1, 0.15) is 0 Å². The van der Waals surface area contributed by atoms with E-state index < -0.39 is 0 Å². The molecular formula is C21H24N4O3. The molecule has 28 heavy (non-hydrogen) atoms. The Bertz CT molecular complexity index is 846. The van der Waals surface area contributed by atoms with Gasteiger partial charge in [0.25, 0.3) is 0 Å². The molecule has 0 unspecified atom stereocenters. The maximum atomic E-state index is 12.3. The Balaban J connectivity index is 1.44. The fraction of sp³-hybridized carbons (Fsp3) is 0.286. The summed E-state index contributed by atoms with van der Waals surface area (Å²) in [5.41, 5.74) is 2.20. The van der Waals surface area contributed by atoms with Gasteiger partial charge in [-0.3, -0.25) is 9.59 Å². The number of Topliss-reactive ketones (excluding diaryl/α,β-unsaturated/α-hetero) is 1. The third kappa shape index (κ3) is 5.09. The molecule has 0 saturated carbocycles. The number of carbonyl (C=O) groups is 3. The molecule has 2 aromatic carbocycles. The zero-order valence-electron chi connectivity index (χ0n) is 15.9. The highest BCUT2D eigenvalue weighted by Crippen LogP contribution is 2.15. The van der Waals surface area contributed by atoms with Crippen LogP contribution in [0, 0.1) is 0 Å². The van der Waals surface area contributed by atoms with Crippen LogP contribution in [0.25, 0.3) is 0 Å². The minimum Gasteiger partial charge on any atom is -0.368 e. The number of benzene rings is 2. The van der Waals surface area contributed by atoms with Gasteiger partial charge in [0.05, 0.1) is 6.54 Å². The molecule has 2 N–H and O–H groups in total. The predicted molar refractivity (Wildman–Crippen MR) is 109 cm³/mol. The maximum Gasteiger partial charge on any atom is 0.317 e. The third-order valence-electron chi connectivity index (χ3n) is 4.64. The number of carbonyl (C=O) groups excluding carboxylic acids is 3. The molecule has 3 amide bonds. The van der Waals surface area contributed by atoms with E-state index in [0.29, 0.717) is 24.3 Å². The summed E-state index contributed by atoms with van der Waals surface area (Å²) in [7, 11) is 0. The first-order valence-corrected chi connectivity index (χ1v) is 9.26. The van der Waals surface area contributed by atoms with Gasteiger partial charge in [-0.05, 0) is 31.2 Å². The molecule has 0 aliphatic carbocycles. The van der Waals surface area contributed by atoms with Crippen LogP contribution in [0.15, 0.2) is 54.6 Å². The molecule has 2 aromatic rings. The average molecular weight is 380 g/mol. The van der Waals surface area contributed by atoms with Gasteiger partial charge in [-0.25, -0.2) is 4.79 Å². The molecular weight excluding hydrogens is 356 g/mol. The Hall–Kier alpha value is -3.35. The lowest BCUT2D eigenvalue weighted by Crippen LogP contribution is -2.52. The number of amides is 3. The summed E-state index contributed by atoms with van der Waals surface area (Å²) in [6, 6.07) is 16.6. The summed E-state index contributed by atoms with van der Waals surface area (Å²) in [5, 5.41) is 5.35. The van der Waals surface area contributed by atoms with Gasteiger partial charge in [0.2, 0.25) is 5.91 Å². The van der Waals surface area contributed by atoms with Gasteiger partial charge in [0.15, 0.2) is 5.78 Å². The van der Waals surface area contributed by atoms with E-state index >= 15 is 0 Å². The first kappa shape index (κ1) is 19.4. The molecule has 3 rings (SSSR count). The summed E-state index contributed by atoms with van der Waals surface area (Å²) >= 11 is 0. The summed E-state index contributed by atoms with van der Waals surface area (Å²) in [6.07, 6.45) is 0. The SMILES string of the molecule is CC(=O)c1cccc(NC(=O)CNC(=O)N2CCN(c3ccccc3)CC2)c1. The Morgan fingerprint density at radius 1 is 0.929 bits per heavy atom. The molecule has 7 heteroatoms. The van der Waals surface area contributed by atoms with Crippen LogP contribution in [0.5, 0.6) is 0 Å². The minimum absolute atomic E-state index is 0.0703. The number of para-hydroxylation sites is 1. The number of hydrogen-bond donors (Lipinski definition) is 2. The van der Waals surface area contributed by atoms with Crippen LogP contribution < -0.4 is 15.5 Å². The Kier molecular flexibility index (Phi) is 6.26. The largest absolute Gasteiger partial charge is 0.368 e. The highest BCUT2D eigenvalue weighted by molar-refractivity contribution is 5.98. The van der Waals surface area contributed by atoms with Crippen molar-refractivity contribution in [1.82, 2.24) is 10.2 Å². The van der Waals surface area contributed by atoms with Crippen molar-refractivity contribution >= 4 is 29.1 Å². The Morgan fingerprint density at radius 2 is 1.64 bits per heavy atom. The van der Waals surface area contributed by atoms with Crippen molar-refractivity contribution < 1.29 is 14.4 Å². The quantitative estimate of drug-likeness (QED) is 0.781. The summed E-state index contributed by atoms with van der Waals surface area (Å²) in [6.45, 7) is 4.05. The predicted octanol–water partition coefficient (Wildman–Crippen LogP) is 2.36. The number of piperazine rings is 1. The smallest absolute Gasteiger partial charge is 0.317 e. The lowest BCUT2D eigenvalue weighted by atomic mass is 10.1. The molecule has 7 nitrogen and oxygen atoms in total. The fourth-order valence-electron chi connectivity index (χ4n) is 3.10. The number of nitrogens with zero attached hydrogens (tertiary/aromatic N) is 2. The summed E-state index contributed by atoms with van der Waals surface area (Å²) in [5.74, 6) is -0.406. The van der Waals surface area contributed by atoms with Gasteiger partial charge in [0, 0.05) is 43.1 Å². The number of ketones is 1. The molecule has 1 heterocycles. The van der Waals surface area contributed by atoms with Crippen LogP contribution in [0.4, 0.5) is 16.2 Å². The molecule has 1 fully saturated rings. The molecule has 1 aliphatic heterocycles. The van der Waals surface area contributed by atoms with E-state index in [1.807, 2.05) is 18.2 Å². The van der Waals surface area contributed by atoms with Crippen LogP contribution in [0.2, 0.25) is 0 Å². The van der Waals surface area contributed by atoms with Crippen molar-refractivity contribution in [2.24, 2.45) is 0 Å². The lowest BCUT2D eigenvalue weighted by molar-refractivity contribution is -0.115. The van der Waals surface area contributed by atoms with E-state index in [1.165, 1.54) is 6.92 Å². The van der Waals surface area contributed by atoms with Crippen LogP contribution in [0.3, 0.4) is 0 Å². The average Bonchev–Trinajstić information content (AvgIpc) is 2.73. The third-order valence-corrected chi connectivity index (χ3v) is 4.64. The first-order chi connectivity index (χ1) is 13.5. The molecule has 0 bridgehead atoms. The lowest BCUT2D eigenvalue weighted by Gasteiger charge is -2.36. The van der Waals surface area contributed by atoms with Gasteiger partial charge < -0.3 is 20.4 Å². The summed E-state index contributed by atoms with van der Waals surface area (Å²) in [4.78, 5) is 39.7. The molecule has 1 aliphatic rings. The van der Waals surface area contributed by atoms with Gasteiger partial charge in [-0.1, -0.05) is 30.3 Å². The second-order valence-corrected chi connectivity index (χ2v) is 6.65. The van der Waals surface area contributed by atoms with Crippen molar-refractivity contribution in [1.29, 1.82) is 0 Å². The minimum atomic E-state index is -0.336. The monoisotopic (exact) mass is 380 g/mol. The molecule has 146 valence electrons. The van der Waals surface area contributed by atoms with Gasteiger partial charge >= 0.3 is 6.03 Å². The topological polar surface area (TPSA) is 81.8 Å². The highest BCUT2D eigenvalue weighted by atomic mass is 16.2. The van der Waals surface area contributed by atoms with Gasteiger partial charge in [-0.15, -0.1) is 0 Å². The van der Waals surface area contributed by atoms with E-state index in [2.05, 4.69) is 27.7 Å². The standard InChI is InChI=1S/C21H24N4O3/c1-16(26)17-6-5-7-18(14-17)23-20(27)15-22-21(28)25-12-10-24(11-13-25)19-8-3-2-4-9-19/h2-9,14H,10-13,15H2,1H3,(H,22,28)(H,23,27). The van der Waals surface area contributed by atoms with E-state index in [1.54, 1.807) is 29.2 Å². The first-order valence-electron chi connectivity index (χ1n) is 9.26. The van der Waals surface area contributed by atoms with Crippen LogP contribution in [-0.4, -0.2) is 55.3 Å². The summed E-state index contributed by atoms with van der Waals surface area (Å²) < 4.78 is 0. The van der Waals surface area contributed by atoms with Crippen molar-refractivity contribution in [3.8, 4) is 0 Å². The number of urea groups is 1. The van der Waals surface area contributed by atoms with Gasteiger partial charge in [-0.2, -0.15) is 0 Å². The number of nitrogens with one attached hydrogen (secondary N) is 2. The normalized spacial score (nSPS) is 13.8. The zero-order valence-corrected chi connectivity index (χ0v) is 15.9. The fourth-order valence-corrected chi connectivity index (χ4v) is 3.10. The maximum absolute atomic E-state index is 12.3. The van der Waals surface area contributed by atoms with E-state index in [9.17, 15) is 14.4 Å². The number of hydrogen-bond acceptors (Lipinski definition) is 4. The second kappa shape index (κ2) is 9.03.